The fourth-order valence-electron chi connectivity index (χ4n) is 5.32. The van der Waals surface area contributed by atoms with E-state index in [1.807, 2.05) is 39.0 Å². The molecule has 0 aliphatic carbocycles. The number of fused-ring (bicyclic) bond motifs is 1. The summed E-state index contributed by atoms with van der Waals surface area (Å²) in [5.74, 6) is -2.13. The van der Waals surface area contributed by atoms with Crippen LogP contribution >= 0.6 is 22.9 Å². The third kappa shape index (κ3) is 12.8. The summed E-state index contributed by atoms with van der Waals surface area (Å²) in [4.78, 5) is 50.2. The first-order valence-corrected chi connectivity index (χ1v) is 17.5. The van der Waals surface area contributed by atoms with Crippen molar-refractivity contribution in [2.75, 3.05) is 33.4 Å². The Labute approximate surface area is 296 Å². The molecule has 0 aliphatic rings. The highest BCUT2D eigenvalue weighted by Crippen LogP contribution is 2.32. The maximum absolute atomic E-state index is 13.8. The van der Waals surface area contributed by atoms with Gasteiger partial charge in [-0.3, -0.25) is 15.0 Å². The van der Waals surface area contributed by atoms with Crippen LogP contribution < -0.4 is 26.7 Å². The number of urea groups is 1. The minimum atomic E-state index is -1.19. The second kappa shape index (κ2) is 19.9. The summed E-state index contributed by atoms with van der Waals surface area (Å²) in [6.45, 7) is 6.45. The highest BCUT2D eigenvalue weighted by Gasteiger charge is 2.41. The van der Waals surface area contributed by atoms with E-state index in [0.29, 0.717) is 37.5 Å². The molecule has 13 nitrogen and oxygen atoms in total. The second-order valence-electron chi connectivity index (χ2n) is 11.5. The summed E-state index contributed by atoms with van der Waals surface area (Å²) < 4.78 is 13.6. The number of halogens is 1. The van der Waals surface area contributed by atoms with Crippen LogP contribution in [0.1, 0.15) is 51.2 Å². The van der Waals surface area contributed by atoms with Gasteiger partial charge in [0.05, 0.1) is 12.6 Å². The van der Waals surface area contributed by atoms with Crippen LogP contribution in [-0.2, 0) is 32.0 Å². The number of unbranched alkanes of at least 4 members (excludes halogenated alkanes) is 1. The molecule has 49 heavy (non-hydrogen) atoms. The fourth-order valence-corrected chi connectivity index (χ4v) is 6.41. The number of carbonyl (C=O) groups is 4. The number of nitrogens with one attached hydrogen (secondary N) is 5. The third-order valence-electron chi connectivity index (χ3n) is 7.68. The van der Waals surface area contributed by atoms with Crippen molar-refractivity contribution < 1.29 is 33.8 Å². The number of hydrogen-bond donors (Lipinski definition) is 6. The van der Waals surface area contributed by atoms with E-state index in [2.05, 4.69) is 38.1 Å². The Bertz CT molecular complexity index is 1520. The van der Waals surface area contributed by atoms with Gasteiger partial charge in [0.2, 0.25) is 11.8 Å². The molecule has 0 radical (unpaired) electrons. The Morgan fingerprint density at radius 3 is 2.35 bits per heavy atom. The van der Waals surface area contributed by atoms with E-state index in [4.69, 9.17) is 26.2 Å². The van der Waals surface area contributed by atoms with Crippen LogP contribution in [0.4, 0.5) is 9.59 Å². The van der Waals surface area contributed by atoms with Crippen LogP contribution in [0, 0.1) is 0 Å². The van der Waals surface area contributed by atoms with Gasteiger partial charge in [-0.15, -0.1) is 11.3 Å². The lowest BCUT2D eigenvalue weighted by Crippen LogP contribution is -2.59. The summed E-state index contributed by atoms with van der Waals surface area (Å²) in [5, 5.41) is 24.8. The maximum atomic E-state index is 13.8. The molecule has 0 fully saturated rings. The second-order valence-corrected chi connectivity index (χ2v) is 12.8. The minimum Gasteiger partial charge on any atom is -0.465 e. The first-order chi connectivity index (χ1) is 23.5. The van der Waals surface area contributed by atoms with Crippen LogP contribution in [0.25, 0.3) is 10.1 Å². The number of carbonyl (C=O) groups excluding carboxylic acids is 3. The van der Waals surface area contributed by atoms with Gasteiger partial charge in [0.1, 0.15) is 6.04 Å². The van der Waals surface area contributed by atoms with E-state index in [1.54, 1.807) is 35.6 Å². The van der Waals surface area contributed by atoms with Crippen molar-refractivity contribution >= 4 is 57.0 Å². The van der Waals surface area contributed by atoms with E-state index in [9.17, 15) is 19.2 Å². The van der Waals surface area contributed by atoms with Gasteiger partial charge in [0.25, 0.3) is 0 Å². The first kappa shape index (κ1) is 39.5. The van der Waals surface area contributed by atoms with Crippen LogP contribution in [-0.4, -0.2) is 85.3 Å². The molecule has 1 aromatic heterocycles. The first-order valence-electron chi connectivity index (χ1n) is 16.3. The molecule has 2 aromatic carbocycles. The Kier molecular flexibility index (Phi) is 16.0. The Balaban J connectivity index is 1.67. The minimum absolute atomic E-state index is 0.207. The largest absolute Gasteiger partial charge is 0.465 e. The normalized spacial score (nSPS) is 12.7. The number of likely N-dealkylation sites (N-methyl/N-ethyl adjacent to an activating group) is 1. The predicted octanol–water partition coefficient (Wildman–Crippen LogP) is 4.64. The zero-order chi connectivity index (χ0) is 35.8. The average Bonchev–Trinajstić information content (AvgIpc) is 3.46. The quantitative estimate of drug-likeness (QED) is 0.0558. The zero-order valence-electron chi connectivity index (χ0n) is 28.3. The molecule has 2 atom stereocenters. The van der Waals surface area contributed by atoms with Crippen molar-refractivity contribution in [3.05, 3.63) is 70.1 Å². The van der Waals surface area contributed by atoms with Gasteiger partial charge in [0.15, 0.2) is 5.79 Å². The molecule has 0 spiro atoms. The van der Waals surface area contributed by atoms with E-state index >= 15 is 0 Å². The number of carboxylic acid groups (broad SMARTS) is 1. The molecule has 3 aromatic rings. The lowest BCUT2D eigenvalue weighted by Gasteiger charge is -2.39. The fraction of sp³-hybridized carbons (Fsp3) is 0.471. The standard InChI is InChI=1S/C34H47ClN6O7S/c1-5-47-34(48-6-2,19-25-22-49-29-13-8-7-11-27(25)29)23(3)38-31(43)28(12-9-10-18-36-33(45)46)39-30(42)21-41(4)40-32(44)37-20-24-14-16-26(35)17-15-24/h7-8,11,13-17,22-23,28,36H,5-6,9-10,12,18-21H2,1-4H3,(H,38,43)(H,39,42)(H,45,46)(H2,37,40,44)/t23-,28-/m0/s1. The summed E-state index contributed by atoms with van der Waals surface area (Å²) in [6.07, 6.45) is 0.413. The van der Waals surface area contributed by atoms with Crippen molar-refractivity contribution in [2.45, 2.75) is 70.9 Å². The molecule has 0 saturated carbocycles. The smallest absolute Gasteiger partial charge is 0.404 e. The lowest BCUT2D eigenvalue weighted by atomic mass is 9.97. The number of nitrogens with zero attached hydrogens (tertiary/aromatic N) is 1. The summed E-state index contributed by atoms with van der Waals surface area (Å²) in [6, 6.07) is 13.0. The molecule has 0 aliphatic heterocycles. The molecule has 0 bridgehead atoms. The van der Waals surface area contributed by atoms with E-state index in [-0.39, 0.29) is 26.1 Å². The molecule has 0 unspecified atom stereocenters. The molecule has 1 heterocycles. The number of hydrogen-bond acceptors (Lipinski definition) is 8. The van der Waals surface area contributed by atoms with E-state index in [0.717, 1.165) is 21.2 Å². The molecule has 5 amide bonds. The molecule has 3 rings (SSSR count). The number of benzene rings is 2. The van der Waals surface area contributed by atoms with Gasteiger partial charge in [-0.1, -0.05) is 41.9 Å². The monoisotopic (exact) mass is 718 g/mol. The van der Waals surface area contributed by atoms with Crippen molar-refractivity contribution in [1.82, 2.24) is 31.7 Å². The summed E-state index contributed by atoms with van der Waals surface area (Å²) in [5.41, 5.74) is 4.46. The van der Waals surface area contributed by atoms with Crippen LogP contribution in [0.3, 0.4) is 0 Å². The van der Waals surface area contributed by atoms with Crippen LogP contribution in [0.2, 0.25) is 5.02 Å². The number of rotatable bonds is 20. The molecular weight excluding hydrogens is 672 g/mol. The van der Waals surface area contributed by atoms with E-state index < -0.39 is 41.8 Å². The third-order valence-corrected chi connectivity index (χ3v) is 8.95. The number of hydrazine groups is 1. The lowest BCUT2D eigenvalue weighted by molar-refractivity contribution is -0.246. The molecular formula is C34H47ClN6O7S. The summed E-state index contributed by atoms with van der Waals surface area (Å²) in [7, 11) is 1.53. The predicted molar refractivity (Wildman–Crippen MR) is 190 cm³/mol. The Morgan fingerprint density at radius 2 is 1.67 bits per heavy atom. The van der Waals surface area contributed by atoms with Crippen LogP contribution in [0.5, 0.6) is 0 Å². The van der Waals surface area contributed by atoms with Gasteiger partial charge in [-0.2, -0.15) is 0 Å². The number of amides is 5. The number of thiophene rings is 1. The Hall–Kier alpha value is -3.95. The van der Waals surface area contributed by atoms with Crippen molar-refractivity contribution in [3.8, 4) is 0 Å². The van der Waals surface area contributed by atoms with Crippen molar-refractivity contribution in [2.24, 2.45) is 0 Å². The molecule has 0 saturated heterocycles. The molecule has 15 heteroatoms. The summed E-state index contributed by atoms with van der Waals surface area (Å²) >= 11 is 7.54. The Morgan fingerprint density at radius 1 is 0.980 bits per heavy atom. The highest BCUT2D eigenvalue weighted by molar-refractivity contribution is 7.17. The topological polar surface area (TPSA) is 170 Å². The van der Waals surface area contributed by atoms with Crippen LogP contribution in [0.15, 0.2) is 53.9 Å². The van der Waals surface area contributed by atoms with Crippen molar-refractivity contribution in [1.29, 1.82) is 0 Å². The molecule has 268 valence electrons. The van der Waals surface area contributed by atoms with Gasteiger partial charge >= 0.3 is 12.1 Å². The maximum Gasteiger partial charge on any atom is 0.404 e. The van der Waals surface area contributed by atoms with Gasteiger partial charge in [-0.05, 0) is 80.1 Å². The van der Waals surface area contributed by atoms with E-state index in [1.165, 1.54) is 12.1 Å². The van der Waals surface area contributed by atoms with Crippen molar-refractivity contribution in [3.63, 3.8) is 0 Å². The molecule has 6 N–H and O–H groups in total. The zero-order valence-corrected chi connectivity index (χ0v) is 29.9. The SMILES string of the molecule is CCOC(Cc1csc2ccccc12)(OCC)[C@H](C)NC(=O)[C@H](CCCCNC(=O)O)NC(=O)CN(C)NC(=O)NCc1ccc(Cl)cc1. The van der Waals surface area contributed by atoms with Gasteiger partial charge in [-0.25, -0.2) is 14.6 Å². The average molecular weight is 719 g/mol. The van der Waals surface area contributed by atoms with Gasteiger partial charge in [0, 0.05) is 49.5 Å². The van der Waals surface area contributed by atoms with Gasteiger partial charge < -0.3 is 35.8 Å². The number of ether oxygens (including phenoxy) is 2. The highest BCUT2D eigenvalue weighted by atomic mass is 35.5.